The van der Waals surface area contributed by atoms with E-state index in [1.807, 2.05) is 0 Å². The fourth-order valence-electron chi connectivity index (χ4n) is 4.56. The third-order valence-corrected chi connectivity index (χ3v) is 5.97. The molecule has 0 aromatic carbocycles. The van der Waals surface area contributed by atoms with E-state index >= 15 is 0 Å². The van der Waals surface area contributed by atoms with E-state index < -0.39 is 29.7 Å². The van der Waals surface area contributed by atoms with E-state index in [1.54, 1.807) is 6.08 Å². The van der Waals surface area contributed by atoms with Crippen molar-refractivity contribution < 1.29 is 17.3 Å². The van der Waals surface area contributed by atoms with Crippen molar-refractivity contribution in [1.82, 2.24) is 0 Å². The molecule has 2 unspecified atom stereocenters. The van der Waals surface area contributed by atoms with E-state index in [0.29, 0.717) is 36.3 Å². The van der Waals surface area contributed by atoms with Crippen molar-refractivity contribution in [1.29, 1.82) is 0 Å². The fraction of sp³-hybridized carbons (Fsp3) is 0.714. The number of rotatable bonds is 4. The first-order chi connectivity index (χ1) is 12.7. The molecule has 0 radical (unpaired) electrons. The van der Waals surface area contributed by atoms with Crippen molar-refractivity contribution >= 4 is 0 Å². The summed E-state index contributed by atoms with van der Waals surface area (Å²) >= 11 is 0. The lowest BCUT2D eigenvalue weighted by Gasteiger charge is -2.36. The van der Waals surface area contributed by atoms with Crippen LogP contribution in [0.5, 0.6) is 0 Å². The normalized spacial score (nSPS) is 41.8. The number of allylic oxidation sites excluding steroid dienone is 6. The molecule has 0 bridgehead atoms. The van der Waals surface area contributed by atoms with Crippen LogP contribution in [0.15, 0.2) is 35.2 Å². The Hall–Kier alpha value is -0.990. The highest BCUT2D eigenvalue weighted by molar-refractivity contribution is 5.32. The first kappa shape index (κ1) is 14.2. The highest BCUT2D eigenvalue weighted by Gasteiger charge is 2.31. The lowest BCUT2D eigenvalue weighted by molar-refractivity contribution is 0.185. The second-order valence-corrected chi connectivity index (χ2v) is 7.49. The van der Waals surface area contributed by atoms with Gasteiger partial charge in [-0.2, -0.15) is 0 Å². The lowest BCUT2D eigenvalue weighted by Crippen LogP contribution is -2.24. The van der Waals surface area contributed by atoms with Gasteiger partial charge in [-0.25, -0.2) is 13.2 Å². The Balaban J connectivity index is 1.70. The van der Waals surface area contributed by atoms with Gasteiger partial charge in [0.05, 0.1) is 0 Å². The summed E-state index contributed by atoms with van der Waals surface area (Å²) in [5.41, 5.74) is 0.362. The lowest BCUT2D eigenvalue weighted by atomic mass is 9.69. The van der Waals surface area contributed by atoms with E-state index in [1.165, 1.54) is 38.5 Å². The Morgan fingerprint density at radius 1 is 1.12 bits per heavy atom. The largest absolute Gasteiger partial charge is 0.208 e. The molecular weight excluding hydrogens is 309 g/mol. The molecule has 1 saturated carbocycles. The molecule has 0 nitrogen and oxygen atoms in total. The van der Waals surface area contributed by atoms with Crippen molar-refractivity contribution in [3.8, 4) is 0 Å². The fourth-order valence-corrected chi connectivity index (χ4v) is 4.56. The molecule has 0 amide bonds. The van der Waals surface area contributed by atoms with Crippen LogP contribution in [0.2, 0.25) is 0 Å². The smallest absolute Gasteiger partial charge is 0.189 e. The first-order valence-corrected chi connectivity index (χ1v) is 9.34. The molecule has 0 heterocycles. The minimum Gasteiger partial charge on any atom is -0.208 e. The zero-order valence-corrected chi connectivity index (χ0v) is 14.4. The molecule has 0 aromatic heterocycles. The maximum absolute atomic E-state index is 14.0. The van der Waals surface area contributed by atoms with Gasteiger partial charge in [0.15, 0.2) is 11.7 Å². The quantitative estimate of drug-likeness (QED) is 0.469. The second kappa shape index (κ2) is 7.93. The van der Waals surface area contributed by atoms with Crippen molar-refractivity contribution in [3.05, 3.63) is 35.2 Å². The maximum atomic E-state index is 14.0. The molecule has 134 valence electrons. The van der Waals surface area contributed by atoms with Gasteiger partial charge in [-0.15, -0.1) is 0 Å². The van der Waals surface area contributed by atoms with E-state index in [-0.39, 0.29) is 0 Å². The van der Waals surface area contributed by atoms with Crippen LogP contribution in [-0.2, 0) is 0 Å². The summed E-state index contributed by atoms with van der Waals surface area (Å²) in [5.74, 6) is -5.36. The summed E-state index contributed by atoms with van der Waals surface area (Å²) in [7, 11) is 0. The summed E-state index contributed by atoms with van der Waals surface area (Å²) in [4.78, 5) is 0. The van der Waals surface area contributed by atoms with Gasteiger partial charge in [-0.1, -0.05) is 44.3 Å². The Bertz CT molecular complexity index is 660. The van der Waals surface area contributed by atoms with E-state index in [2.05, 4.69) is 6.92 Å². The van der Waals surface area contributed by atoms with Crippen LogP contribution in [-0.4, -0.2) is 0 Å². The standard InChI is InChI=1S/C21H29F3/c1-2-3-14-4-6-15(7-5-14)16-8-10-17(11-9-16)18-12-19(22)21(24)20(23)13-18/h10,12,14-16,18H,2-9,11,13H2,1H3/i13D2,18D. The summed E-state index contributed by atoms with van der Waals surface area (Å²) < 4.78 is 65.5. The third-order valence-electron chi connectivity index (χ3n) is 5.97. The summed E-state index contributed by atoms with van der Waals surface area (Å²) in [6.07, 6.45) is 8.91. The zero-order chi connectivity index (χ0) is 19.8. The van der Waals surface area contributed by atoms with Crippen molar-refractivity contribution in [3.63, 3.8) is 0 Å². The van der Waals surface area contributed by atoms with Gasteiger partial charge in [0.25, 0.3) is 0 Å². The predicted octanol–water partition coefficient (Wildman–Crippen LogP) is 7.34. The maximum Gasteiger partial charge on any atom is 0.189 e. The number of halogens is 3. The molecule has 0 aliphatic heterocycles. The van der Waals surface area contributed by atoms with Crippen LogP contribution in [0.3, 0.4) is 0 Å². The Labute approximate surface area is 148 Å². The van der Waals surface area contributed by atoms with Gasteiger partial charge in [-0.3, -0.25) is 0 Å². The van der Waals surface area contributed by atoms with Crippen LogP contribution in [0.25, 0.3) is 0 Å². The average Bonchev–Trinajstić information content (AvgIpc) is 2.66. The first-order valence-electron chi connectivity index (χ1n) is 10.8. The van der Waals surface area contributed by atoms with Crippen LogP contribution in [0.4, 0.5) is 13.2 Å². The van der Waals surface area contributed by atoms with Crippen LogP contribution in [0.1, 0.15) is 75.2 Å². The minimum atomic E-state index is -2.90. The Morgan fingerprint density at radius 3 is 2.50 bits per heavy atom. The minimum absolute atomic E-state index is 0.362. The molecule has 3 aliphatic carbocycles. The molecule has 2 atom stereocenters. The van der Waals surface area contributed by atoms with Gasteiger partial charge in [0, 0.05) is 16.4 Å². The summed E-state index contributed by atoms with van der Waals surface area (Å²) in [6, 6.07) is 0. The third kappa shape index (κ3) is 3.97. The monoisotopic (exact) mass is 341 g/mol. The van der Waals surface area contributed by atoms with E-state index in [9.17, 15) is 13.2 Å². The van der Waals surface area contributed by atoms with Crippen LogP contribution >= 0.6 is 0 Å². The second-order valence-electron chi connectivity index (χ2n) is 7.49. The Kier molecular flexibility index (Phi) is 4.69. The SMILES string of the molecule is [2H]C1([2H])C(F)=C(F)C(F)=CC1([2H])C1=CCC(C2CCC(CCC)CC2)CC1. The van der Waals surface area contributed by atoms with Gasteiger partial charge in [0.2, 0.25) is 0 Å². The number of hydrogen-bond acceptors (Lipinski definition) is 0. The van der Waals surface area contributed by atoms with Crippen molar-refractivity contribution in [2.45, 2.75) is 71.1 Å². The molecular formula is C21H29F3. The molecule has 0 N–H and O–H groups in total. The van der Waals surface area contributed by atoms with E-state index in [4.69, 9.17) is 4.11 Å². The molecule has 3 rings (SSSR count). The van der Waals surface area contributed by atoms with Gasteiger partial charge in [0.1, 0.15) is 5.83 Å². The number of hydrogen-bond donors (Lipinski definition) is 0. The predicted molar refractivity (Wildman–Crippen MR) is 92.3 cm³/mol. The zero-order valence-electron chi connectivity index (χ0n) is 17.4. The summed E-state index contributed by atoms with van der Waals surface area (Å²) in [6.45, 7) is 2.22. The van der Waals surface area contributed by atoms with Crippen molar-refractivity contribution in [2.24, 2.45) is 23.6 Å². The average molecular weight is 341 g/mol. The summed E-state index contributed by atoms with van der Waals surface area (Å²) in [5, 5.41) is 0. The van der Waals surface area contributed by atoms with Crippen LogP contribution in [0, 0.1) is 23.6 Å². The molecule has 3 heteroatoms. The van der Waals surface area contributed by atoms with Crippen molar-refractivity contribution in [2.75, 3.05) is 0 Å². The molecule has 3 aliphatic rings. The Morgan fingerprint density at radius 2 is 1.88 bits per heavy atom. The molecule has 24 heavy (non-hydrogen) atoms. The molecule has 0 saturated heterocycles. The van der Waals surface area contributed by atoms with E-state index in [0.717, 1.165) is 12.3 Å². The van der Waals surface area contributed by atoms with Crippen LogP contribution < -0.4 is 0 Å². The highest BCUT2D eigenvalue weighted by Crippen LogP contribution is 2.43. The van der Waals surface area contributed by atoms with Gasteiger partial charge < -0.3 is 0 Å². The topological polar surface area (TPSA) is 0 Å². The highest BCUT2D eigenvalue weighted by atomic mass is 19.2. The molecule has 0 aromatic rings. The van der Waals surface area contributed by atoms with Gasteiger partial charge >= 0.3 is 0 Å². The molecule has 0 spiro atoms. The van der Waals surface area contributed by atoms with Gasteiger partial charge in [-0.05, 0) is 55.9 Å². The molecule has 1 fully saturated rings.